The van der Waals surface area contributed by atoms with Gasteiger partial charge in [0.15, 0.2) is 0 Å². The van der Waals surface area contributed by atoms with Gasteiger partial charge in [0.05, 0.1) is 6.04 Å². The van der Waals surface area contributed by atoms with E-state index >= 15 is 0 Å². The molecule has 0 fully saturated rings. The molecule has 16 heavy (non-hydrogen) atoms. The number of nitrogens with one attached hydrogen (secondary N) is 1. The molecule has 1 unspecified atom stereocenters. The topological polar surface area (TPSA) is 38.0 Å². The van der Waals surface area contributed by atoms with E-state index in [-0.39, 0.29) is 6.04 Å². The number of hydrogen-bond donors (Lipinski definition) is 2. The van der Waals surface area contributed by atoms with Gasteiger partial charge in [0.1, 0.15) is 0 Å². The van der Waals surface area contributed by atoms with E-state index in [1.165, 1.54) is 22.3 Å². The maximum absolute atomic E-state index is 5.67. The van der Waals surface area contributed by atoms with E-state index in [4.69, 9.17) is 5.84 Å². The van der Waals surface area contributed by atoms with Gasteiger partial charge in [0.2, 0.25) is 0 Å². The smallest absolute Gasteiger partial charge is 0.0720 e. The van der Waals surface area contributed by atoms with Crippen molar-refractivity contribution >= 4 is 11.3 Å². The Balaban J connectivity index is 2.45. The fourth-order valence-electron chi connectivity index (χ4n) is 1.89. The van der Waals surface area contributed by atoms with Crippen LogP contribution in [0.25, 0.3) is 0 Å². The minimum atomic E-state index is 0.0890. The van der Waals surface area contributed by atoms with E-state index in [0.29, 0.717) is 0 Å². The summed E-state index contributed by atoms with van der Waals surface area (Å²) in [6.45, 7) is 4.27. The quantitative estimate of drug-likeness (QED) is 0.631. The normalized spacial score (nSPS) is 12.7. The minimum Gasteiger partial charge on any atom is -0.271 e. The number of thiophene rings is 1. The third kappa shape index (κ3) is 2.02. The summed E-state index contributed by atoms with van der Waals surface area (Å²) in [4.78, 5) is 0. The molecule has 0 aliphatic heterocycles. The van der Waals surface area contributed by atoms with Crippen LogP contribution in [-0.4, -0.2) is 0 Å². The first kappa shape index (κ1) is 11.3. The van der Waals surface area contributed by atoms with Gasteiger partial charge in [-0.05, 0) is 52.9 Å². The van der Waals surface area contributed by atoms with E-state index in [1.807, 2.05) is 0 Å². The minimum absolute atomic E-state index is 0.0890. The molecule has 3 N–H and O–H groups in total. The summed E-state index contributed by atoms with van der Waals surface area (Å²) in [6, 6.07) is 8.53. The fourth-order valence-corrected chi connectivity index (χ4v) is 2.58. The molecule has 2 rings (SSSR count). The van der Waals surface area contributed by atoms with Crippen LogP contribution in [0.4, 0.5) is 0 Å². The van der Waals surface area contributed by atoms with Crippen molar-refractivity contribution in [2.75, 3.05) is 0 Å². The average molecular weight is 232 g/mol. The van der Waals surface area contributed by atoms with Gasteiger partial charge in [0, 0.05) is 0 Å². The number of benzene rings is 1. The lowest BCUT2D eigenvalue weighted by molar-refractivity contribution is 0.635. The number of nitrogens with two attached hydrogens (primary N) is 1. The number of rotatable bonds is 3. The molecule has 2 nitrogen and oxygen atoms in total. The molecule has 0 bridgehead atoms. The number of hydrogen-bond acceptors (Lipinski definition) is 3. The van der Waals surface area contributed by atoms with Crippen LogP contribution in [0, 0.1) is 13.8 Å². The highest BCUT2D eigenvalue weighted by molar-refractivity contribution is 7.08. The zero-order valence-electron chi connectivity index (χ0n) is 9.53. The summed E-state index contributed by atoms with van der Waals surface area (Å²) in [5.74, 6) is 5.67. The molecule has 0 spiro atoms. The lowest BCUT2D eigenvalue weighted by Gasteiger charge is -2.18. The van der Waals surface area contributed by atoms with Crippen LogP contribution in [0.2, 0.25) is 0 Å². The molecule has 0 aliphatic rings. The Morgan fingerprint density at radius 3 is 2.69 bits per heavy atom. The lowest BCUT2D eigenvalue weighted by Crippen LogP contribution is -2.29. The summed E-state index contributed by atoms with van der Waals surface area (Å²) >= 11 is 1.69. The van der Waals surface area contributed by atoms with Crippen LogP contribution in [-0.2, 0) is 0 Å². The average Bonchev–Trinajstić information content (AvgIpc) is 2.79. The lowest BCUT2D eigenvalue weighted by atomic mass is 9.94. The molecule has 0 saturated carbocycles. The molecule has 1 aromatic carbocycles. The Hall–Kier alpha value is -1.16. The van der Waals surface area contributed by atoms with Crippen LogP contribution in [0.1, 0.15) is 28.3 Å². The molecule has 84 valence electrons. The second-order valence-corrected chi connectivity index (χ2v) is 4.73. The Bertz CT molecular complexity index is 463. The summed E-state index contributed by atoms with van der Waals surface area (Å²) < 4.78 is 0. The molecule has 0 saturated heterocycles. The number of hydrazine groups is 1. The van der Waals surface area contributed by atoms with Crippen molar-refractivity contribution < 1.29 is 0 Å². The van der Waals surface area contributed by atoms with E-state index in [9.17, 15) is 0 Å². The van der Waals surface area contributed by atoms with Crippen molar-refractivity contribution in [3.8, 4) is 0 Å². The van der Waals surface area contributed by atoms with E-state index in [2.05, 4.69) is 54.3 Å². The molecule has 0 radical (unpaired) electrons. The van der Waals surface area contributed by atoms with Gasteiger partial charge in [-0.15, -0.1) is 0 Å². The molecule has 1 aromatic heterocycles. The monoisotopic (exact) mass is 232 g/mol. The van der Waals surface area contributed by atoms with Crippen LogP contribution in [0.15, 0.2) is 35.0 Å². The van der Waals surface area contributed by atoms with E-state index in [1.54, 1.807) is 11.3 Å². The zero-order valence-corrected chi connectivity index (χ0v) is 10.3. The molecule has 3 heteroatoms. The highest BCUT2D eigenvalue weighted by Crippen LogP contribution is 2.27. The Morgan fingerprint density at radius 2 is 2.06 bits per heavy atom. The van der Waals surface area contributed by atoms with Gasteiger partial charge >= 0.3 is 0 Å². The summed E-state index contributed by atoms with van der Waals surface area (Å²) in [5.41, 5.74) is 7.97. The van der Waals surface area contributed by atoms with Gasteiger partial charge in [-0.2, -0.15) is 11.3 Å². The molecule has 0 aliphatic carbocycles. The van der Waals surface area contributed by atoms with Crippen molar-refractivity contribution in [2.24, 2.45) is 5.84 Å². The first-order valence-electron chi connectivity index (χ1n) is 5.28. The van der Waals surface area contributed by atoms with Gasteiger partial charge in [-0.3, -0.25) is 5.84 Å². The highest BCUT2D eigenvalue weighted by Gasteiger charge is 2.15. The van der Waals surface area contributed by atoms with Gasteiger partial charge in [-0.25, -0.2) is 5.43 Å². The number of aryl methyl sites for hydroxylation is 1. The van der Waals surface area contributed by atoms with Crippen molar-refractivity contribution in [1.29, 1.82) is 0 Å². The van der Waals surface area contributed by atoms with Crippen LogP contribution in [0.5, 0.6) is 0 Å². The van der Waals surface area contributed by atoms with Crippen LogP contribution >= 0.6 is 11.3 Å². The molecular weight excluding hydrogens is 216 g/mol. The van der Waals surface area contributed by atoms with Gasteiger partial charge < -0.3 is 0 Å². The maximum atomic E-state index is 5.67. The predicted octanol–water partition coefficient (Wildman–Crippen LogP) is 2.92. The standard InChI is InChI=1S/C13H16N2S/c1-9-4-3-5-12(10(9)2)13(15-14)11-6-7-16-8-11/h3-8,13,15H,14H2,1-2H3. The molecule has 2 aromatic rings. The molecule has 1 atom stereocenters. The molecular formula is C13H16N2S. The van der Waals surface area contributed by atoms with Gasteiger partial charge in [0.25, 0.3) is 0 Å². The molecule has 0 amide bonds. The van der Waals surface area contributed by atoms with Crippen molar-refractivity contribution in [3.05, 3.63) is 57.3 Å². The van der Waals surface area contributed by atoms with Gasteiger partial charge in [-0.1, -0.05) is 18.2 Å². The van der Waals surface area contributed by atoms with Crippen LogP contribution < -0.4 is 11.3 Å². The first-order chi connectivity index (χ1) is 7.74. The summed E-state index contributed by atoms with van der Waals surface area (Å²) in [6.07, 6.45) is 0. The SMILES string of the molecule is Cc1cccc(C(NN)c2ccsc2)c1C. The second kappa shape index (κ2) is 4.78. The first-order valence-corrected chi connectivity index (χ1v) is 6.22. The largest absolute Gasteiger partial charge is 0.271 e. The van der Waals surface area contributed by atoms with Crippen molar-refractivity contribution in [2.45, 2.75) is 19.9 Å². The maximum Gasteiger partial charge on any atom is 0.0720 e. The van der Waals surface area contributed by atoms with E-state index in [0.717, 1.165) is 0 Å². The van der Waals surface area contributed by atoms with Crippen molar-refractivity contribution in [1.82, 2.24) is 5.43 Å². The predicted molar refractivity (Wildman–Crippen MR) is 69.4 cm³/mol. The van der Waals surface area contributed by atoms with Crippen molar-refractivity contribution in [3.63, 3.8) is 0 Å². The Kier molecular flexibility index (Phi) is 3.39. The Morgan fingerprint density at radius 1 is 1.25 bits per heavy atom. The fraction of sp³-hybridized carbons (Fsp3) is 0.231. The van der Waals surface area contributed by atoms with E-state index < -0.39 is 0 Å². The Labute approximate surface area is 100 Å². The molecule has 1 heterocycles. The summed E-state index contributed by atoms with van der Waals surface area (Å²) in [5, 5.41) is 4.21. The third-order valence-corrected chi connectivity index (χ3v) is 3.70. The second-order valence-electron chi connectivity index (χ2n) is 3.95. The third-order valence-electron chi connectivity index (χ3n) is 3.00. The highest BCUT2D eigenvalue weighted by atomic mass is 32.1. The summed E-state index contributed by atoms with van der Waals surface area (Å²) in [7, 11) is 0. The van der Waals surface area contributed by atoms with Crippen LogP contribution in [0.3, 0.4) is 0 Å². The zero-order chi connectivity index (χ0) is 11.5.